The number of aromatic nitrogens is 3. The lowest BCUT2D eigenvalue weighted by atomic mass is 10.1. The maximum absolute atomic E-state index is 6.45. The fourth-order valence-corrected chi connectivity index (χ4v) is 4.49. The van der Waals surface area contributed by atoms with Crippen molar-refractivity contribution in [2.24, 2.45) is 0 Å². The van der Waals surface area contributed by atoms with Crippen LogP contribution in [0.15, 0.2) is 53.7 Å². The summed E-state index contributed by atoms with van der Waals surface area (Å²) in [6.07, 6.45) is 3.74. The lowest BCUT2D eigenvalue weighted by Gasteiger charge is -2.22. The zero-order valence-corrected chi connectivity index (χ0v) is 17.2. The summed E-state index contributed by atoms with van der Waals surface area (Å²) in [4.78, 5) is 0. The molecule has 0 N–H and O–H groups in total. The number of ether oxygens (including phenoxy) is 2. The minimum absolute atomic E-state index is 0.267. The molecule has 2 heterocycles. The maximum atomic E-state index is 6.45. The summed E-state index contributed by atoms with van der Waals surface area (Å²) in [5.74, 6) is 2.39. The number of hydrogen-bond acceptors (Lipinski definition) is 5. The topological polar surface area (TPSA) is 49.2 Å². The molecule has 0 amide bonds. The summed E-state index contributed by atoms with van der Waals surface area (Å²) in [6.45, 7) is 0.848. The van der Waals surface area contributed by atoms with Gasteiger partial charge in [0, 0.05) is 23.6 Å². The Balaban J connectivity index is 1.70. The highest BCUT2D eigenvalue weighted by molar-refractivity contribution is 7.99. The zero-order chi connectivity index (χ0) is 19.3. The molecule has 0 spiro atoms. The van der Waals surface area contributed by atoms with E-state index in [4.69, 9.17) is 21.1 Å². The Kier molecular flexibility index (Phi) is 6.20. The first-order chi connectivity index (χ1) is 13.8. The van der Waals surface area contributed by atoms with E-state index in [1.165, 1.54) is 6.42 Å². The molecular weight excluding hydrogens is 394 g/mol. The van der Waals surface area contributed by atoms with E-state index in [9.17, 15) is 0 Å². The van der Waals surface area contributed by atoms with Gasteiger partial charge in [-0.3, -0.25) is 4.57 Å². The molecule has 1 fully saturated rings. The van der Waals surface area contributed by atoms with Crippen LogP contribution in [0.2, 0.25) is 5.02 Å². The number of hydrogen-bond donors (Lipinski definition) is 0. The summed E-state index contributed by atoms with van der Waals surface area (Å²) in [6, 6.07) is 15.6. The summed E-state index contributed by atoms with van der Waals surface area (Å²) in [7, 11) is 1.66. The van der Waals surface area contributed by atoms with Crippen molar-refractivity contribution in [2.75, 3.05) is 19.5 Å². The van der Waals surface area contributed by atoms with Crippen molar-refractivity contribution in [1.29, 1.82) is 0 Å². The molecule has 1 unspecified atom stereocenters. The number of nitrogens with zero attached hydrogens (tertiary/aromatic N) is 3. The normalized spacial score (nSPS) is 16.9. The largest absolute Gasteiger partial charge is 0.497 e. The van der Waals surface area contributed by atoms with Gasteiger partial charge in [-0.1, -0.05) is 35.5 Å². The van der Waals surface area contributed by atoms with Crippen molar-refractivity contribution in [1.82, 2.24) is 14.8 Å². The van der Waals surface area contributed by atoms with Crippen LogP contribution < -0.4 is 4.74 Å². The van der Waals surface area contributed by atoms with Gasteiger partial charge in [-0.15, -0.1) is 10.2 Å². The quantitative estimate of drug-likeness (QED) is 0.514. The third-order valence-corrected chi connectivity index (χ3v) is 6.14. The Hall–Kier alpha value is -2.02. The molecule has 28 heavy (non-hydrogen) atoms. The van der Waals surface area contributed by atoms with Crippen LogP contribution in [-0.4, -0.2) is 40.3 Å². The standard InChI is InChI=1S/C21H22ClN3O2S/c1-26-16-11-9-15(10-12-16)25-20(18-7-2-3-8-19(18)22)23-24-21(25)28-14-17-6-4-5-13-27-17/h2-3,7-12,17H,4-6,13-14H2,1H3. The zero-order valence-electron chi connectivity index (χ0n) is 15.7. The second kappa shape index (κ2) is 8.99. The van der Waals surface area contributed by atoms with Gasteiger partial charge in [0.2, 0.25) is 0 Å². The molecule has 1 aromatic heterocycles. The summed E-state index contributed by atoms with van der Waals surface area (Å²) in [5, 5.41) is 10.4. The smallest absolute Gasteiger partial charge is 0.196 e. The fourth-order valence-electron chi connectivity index (χ4n) is 3.25. The van der Waals surface area contributed by atoms with Crippen molar-refractivity contribution in [3.05, 3.63) is 53.6 Å². The summed E-state index contributed by atoms with van der Waals surface area (Å²) >= 11 is 8.12. The van der Waals surface area contributed by atoms with Gasteiger partial charge < -0.3 is 9.47 Å². The molecule has 1 saturated heterocycles. The second-order valence-corrected chi connectivity index (χ2v) is 8.01. The van der Waals surface area contributed by atoms with Crippen molar-refractivity contribution in [2.45, 2.75) is 30.5 Å². The van der Waals surface area contributed by atoms with Gasteiger partial charge in [0.05, 0.1) is 18.2 Å². The summed E-state index contributed by atoms with van der Waals surface area (Å²) < 4.78 is 13.2. The molecule has 3 aromatic rings. The predicted octanol–water partition coefficient (Wildman–Crippen LogP) is 5.26. The van der Waals surface area contributed by atoms with Gasteiger partial charge in [0.1, 0.15) is 5.75 Å². The molecular formula is C21H22ClN3O2S. The third kappa shape index (κ3) is 4.19. The molecule has 1 atom stereocenters. The van der Waals surface area contributed by atoms with Crippen LogP contribution in [0.5, 0.6) is 5.75 Å². The molecule has 0 aliphatic carbocycles. The van der Waals surface area contributed by atoms with E-state index in [0.29, 0.717) is 5.02 Å². The van der Waals surface area contributed by atoms with Crippen LogP contribution in [0.4, 0.5) is 0 Å². The molecule has 0 saturated carbocycles. The Morgan fingerprint density at radius 2 is 1.96 bits per heavy atom. The number of benzene rings is 2. The minimum atomic E-state index is 0.267. The van der Waals surface area contributed by atoms with Crippen molar-refractivity contribution >= 4 is 23.4 Å². The Morgan fingerprint density at radius 3 is 2.68 bits per heavy atom. The molecule has 1 aliphatic rings. The molecule has 2 aromatic carbocycles. The van der Waals surface area contributed by atoms with E-state index < -0.39 is 0 Å². The van der Waals surface area contributed by atoms with Gasteiger partial charge in [-0.25, -0.2) is 0 Å². The third-order valence-electron chi connectivity index (χ3n) is 4.75. The molecule has 7 heteroatoms. The van der Waals surface area contributed by atoms with Gasteiger partial charge >= 0.3 is 0 Å². The average molecular weight is 416 g/mol. The Labute approximate surface area is 174 Å². The van der Waals surface area contributed by atoms with Gasteiger partial charge in [-0.2, -0.15) is 0 Å². The first-order valence-electron chi connectivity index (χ1n) is 9.35. The van der Waals surface area contributed by atoms with E-state index in [1.54, 1.807) is 18.9 Å². The first-order valence-corrected chi connectivity index (χ1v) is 10.7. The Bertz CT molecular complexity index is 924. The number of methoxy groups -OCH3 is 1. The second-order valence-electron chi connectivity index (χ2n) is 6.62. The molecule has 5 nitrogen and oxygen atoms in total. The number of halogens is 1. The van der Waals surface area contributed by atoms with Gasteiger partial charge in [-0.05, 0) is 55.7 Å². The summed E-state index contributed by atoms with van der Waals surface area (Å²) in [5.41, 5.74) is 1.82. The van der Waals surface area contributed by atoms with Crippen LogP contribution in [0.3, 0.4) is 0 Å². The first kappa shape index (κ1) is 19.3. The average Bonchev–Trinajstić information content (AvgIpc) is 3.17. The van der Waals surface area contributed by atoms with Crippen LogP contribution in [-0.2, 0) is 4.74 Å². The molecule has 146 valence electrons. The highest BCUT2D eigenvalue weighted by atomic mass is 35.5. The minimum Gasteiger partial charge on any atom is -0.497 e. The van der Waals surface area contributed by atoms with E-state index in [-0.39, 0.29) is 6.10 Å². The predicted molar refractivity (Wildman–Crippen MR) is 113 cm³/mol. The molecule has 4 rings (SSSR count). The van der Waals surface area contributed by atoms with Crippen LogP contribution >= 0.6 is 23.4 Å². The van der Waals surface area contributed by atoms with E-state index in [2.05, 4.69) is 10.2 Å². The number of thioether (sulfide) groups is 1. The lowest BCUT2D eigenvalue weighted by Crippen LogP contribution is -2.21. The van der Waals surface area contributed by atoms with Crippen molar-refractivity contribution in [3.8, 4) is 22.8 Å². The van der Waals surface area contributed by atoms with Crippen molar-refractivity contribution in [3.63, 3.8) is 0 Å². The highest BCUT2D eigenvalue weighted by Gasteiger charge is 2.20. The maximum Gasteiger partial charge on any atom is 0.196 e. The molecule has 1 aliphatic heterocycles. The van der Waals surface area contributed by atoms with E-state index >= 15 is 0 Å². The fraction of sp³-hybridized carbons (Fsp3) is 0.333. The van der Waals surface area contributed by atoms with Crippen LogP contribution in [0, 0.1) is 0 Å². The van der Waals surface area contributed by atoms with Crippen LogP contribution in [0.1, 0.15) is 19.3 Å². The highest BCUT2D eigenvalue weighted by Crippen LogP contribution is 2.33. The monoisotopic (exact) mass is 415 g/mol. The lowest BCUT2D eigenvalue weighted by molar-refractivity contribution is 0.0315. The Morgan fingerprint density at radius 1 is 1.14 bits per heavy atom. The number of rotatable bonds is 6. The van der Waals surface area contributed by atoms with E-state index in [1.807, 2.05) is 53.1 Å². The molecule has 0 bridgehead atoms. The SMILES string of the molecule is COc1ccc(-n2c(SCC3CCCCO3)nnc2-c2ccccc2Cl)cc1. The van der Waals surface area contributed by atoms with Gasteiger partial charge in [0.25, 0.3) is 0 Å². The van der Waals surface area contributed by atoms with E-state index in [0.717, 1.165) is 53.2 Å². The van der Waals surface area contributed by atoms with Crippen LogP contribution in [0.25, 0.3) is 17.1 Å². The van der Waals surface area contributed by atoms with Gasteiger partial charge in [0.15, 0.2) is 11.0 Å². The molecule has 0 radical (unpaired) electrons. The van der Waals surface area contributed by atoms with Crippen molar-refractivity contribution < 1.29 is 9.47 Å².